The highest BCUT2D eigenvalue weighted by molar-refractivity contribution is 7.92. The van der Waals surface area contributed by atoms with Gasteiger partial charge in [-0.3, -0.25) is 9.52 Å². The summed E-state index contributed by atoms with van der Waals surface area (Å²) in [6.07, 6.45) is 2.14. The monoisotopic (exact) mass is 387 g/mol. The third-order valence-corrected chi connectivity index (χ3v) is 6.08. The minimum absolute atomic E-state index is 0.0683. The number of aryl methyl sites for hydroxylation is 2. The third-order valence-electron chi connectivity index (χ3n) is 4.71. The number of anilines is 1. The molecule has 1 fully saturated rings. The van der Waals surface area contributed by atoms with Crippen molar-refractivity contribution in [3.63, 3.8) is 0 Å². The lowest BCUT2D eigenvalue weighted by Crippen LogP contribution is -2.37. The van der Waals surface area contributed by atoms with E-state index in [1.807, 2.05) is 13.0 Å². The summed E-state index contributed by atoms with van der Waals surface area (Å²) in [5.74, 6) is -0.256. The first kappa shape index (κ1) is 19.4. The number of sulfonamides is 1. The minimum Gasteiger partial charge on any atom is -0.350 e. The van der Waals surface area contributed by atoms with Crippen molar-refractivity contribution in [2.24, 2.45) is 0 Å². The van der Waals surface area contributed by atoms with E-state index in [0.29, 0.717) is 17.8 Å². The van der Waals surface area contributed by atoms with Crippen molar-refractivity contribution in [3.8, 4) is 0 Å². The van der Waals surface area contributed by atoms with Gasteiger partial charge in [0.1, 0.15) is 0 Å². The molecular formula is C20H25N3O3S. The SMILES string of the molecule is Cc1cccc(NS(=O)(=O)c2ccc(C)c(C(=O)NCC3CCCN3)c2)c1. The topological polar surface area (TPSA) is 87.3 Å². The summed E-state index contributed by atoms with van der Waals surface area (Å²) in [6, 6.07) is 12.0. The Morgan fingerprint density at radius 3 is 2.70 bits per heavy atom. The van der Waals surface area contributed by atoms with Crippen LogP contribution in [0.5, 0.6) is 0 Å². The summed E-state index contributed by atoms with van der Waals surface area (Å²) in [6.45, 7) is 5.20. The highest BCUT2D eigenvalue weighted by Gasteiger charge is 2.20. The Labute approximate surface area is 160 Å². The predicted octanol–water partition coefficient (Wildman–Crippen LogP) is 2.59. The average Bonchev–Trinajstić information content (AvgIpc) is 3.13. The fourth-order valence-electron chi connectivity index (χ4n) is 3.18. The molecule has 1 amide bonds. The molecule has 1 saturated heterocycles. The quantitative estimate of drug-likeness (QED) is 0.711. The third kappa shape index (κ3) is 4.87. The van der Waals surface area contributed by atoms with Crippen LogP contribution in [0.2, 0.25) is 0 Å². The first-order valence-electron chi connectivity index (χ1n) is 9.07. The maximum atomic E-state index is 12.7. The number of hydrogen-bond donors (Lipinski definition) is 3. The van der Waals surface area contributed by atoms with Crippen molar-refractivity contribution in [2.45, 2.75) is 37.6 Å². The van der Waals surface area contributed by atoms with E-state index in [2.05, 4.69) is 15.4 Å². The summed E-state index contributed by atoms with van der Waals surface area (Å²) >= 11 is 0. The van der Waals surface area contributed by atoms with Crippen LogP contribution in [0.25, 0.3) is 0 Å². The van der Waals surface area contributed by atoms with Crippen LogP contribution in [0.4, 0.5) is 5.69 Å². The maximum Gasteiger partial charge on any atom is 0.261 e. The normalized spacial score (nSPS) is 16.9. The predicted molar refractivity (Wildman–Crippen MR) is 107 cm³/mol. The van der Waals surface area contributed by atoms with Crippen molar-refractivity contribution in [1.82, 2.24) is 10.6 Å². The number of hydrogen-bond acceptors (Lipinski definition) is 4. The zero-order valence-corrected chi connectivity index (χ0v) is 16.4. The van der Waals surface area contributed by atoms with E-state index >= 15 is 0 Å². The highest BCUT2D eigenvalue weighted by atomic mass is 32.2. The molecule has 0 spiro atoms. The lowest BCUT2D eigenvalue weighted by Gasteiger charge is -2.14. The second-order valence-electron chi connectivity index (χ2n) is 6.96. The molecule has 0 radical (unpaired) electrons. The molecule has 0 aliphatic carbocycles. The summed E-state index contributed by atoms with van der Waals surface area (Å²) < 4.78 is 28.0. The Kier molecular flexibility index (Phi) is 5.82. The summed E-state index contributed by atoms with van der Waals surface area (Å²) in [4.78, 5) is 12.6. The smallest absolute Gasteiger partial charge is 0.261 e. The molecule has 6 nitrogen and oxygen atoms in total. The molecule has 3 rings (SSSR count). The van der Waals surface area contributed by atoms with Crippen LogP contribution >= 0.6 is 0 Å². The van der Waals surface area contributed by atoms with Crippen LogP contribution in [0.1, 0.15) is 34.3 Å². The molecule has 144 valence electrons. The molecule has 1 heterocycles. The number of carbonyl (C=O) groups is 1. The molecule has 27 heavy (non-hydrogen) atoms. The van der Waals surface area contributed by atoms with Crippen molar-refractivity contribution >= 4 is 21.6 Å². The second-order valence-corrected chi connectivity index (χ2v) is 8.64. The fraction of sp³-hybridized carbons (Fsp3) is 0.350. The molecule has 0 aromatic heterocycles. The minimum atomic E-state index is -3.78. The Morgan fingerprint density at radius 1 is 1.19 bits per heavy atom. The molecule has 1 atom stereocenters. The first-order valence-corrected chi connectivity index (χ1v) is 10.6. The van der Waals surface area contributed by atoms with E-state index in [1.165, 1.54) is 12.1 Å². The van der Waals surface area contributed by atoms with Crippen LogP contribution in [-0.2, 0) is 10.0 Å². The molecule has 1 aliphatic heterocycles. The Morgan fingerprint density at radius 2 is 2.00 bits per heavy atom. The van der Waals surface area contributed by atoms with E-state index in [0.717, 1.165) is 30.5 Å². The molecule has 1 aliphatic rings. The van der Waals surface area contributed by atoms with Gasteiger partial charge in [0.2, 0.25) is 0 Å². The van der Waals surface area contributed by atoms with Gasteiger partial charge in [-0.2, -0.15) is 0 Å². The standard InChI is InChI=1S/C20H25N3O3S/c1-14-5-3-6-16(11-14)23-27(25,26)18-9-8-15(2)19(12-18)20(24)22-13-17-7-4-10-21-17/h3,5-6,8-9,11-12,17,21,23H,4,7,10,13H2,1-2H3,(H,22,24). The van der Waals surface area contributed by atoms with Crippen molar-refractivity contribution in [2.75, 3.05) is 17.8 Å². The Bertz CT molecular complexity index is 935. The maximum absolute atomic E-state index is 12.7. The van der Waals surface area contributed by atoms with E-state index < -0.39 is 10.0 Å². The number of carbonyl (C=O) groups excluding carboxylic acids is 1. The van der Waals surface area contributed by atoms with Gasteiger partial charge in [-0.25, -0.2) is 8.42 Å². The van der Waals surface area contributed by atoms with E-state index in [9.17, 15) is 13.2 Å². The van der Waals surface area contributed by atoms with E-state index in [-0.39, 0.29) is 16.8 Å². The van der Waals surface area contributed by atoms with Gasteiger partial charge in [0.15, 0.2) is 0 Å². The molecule has 2 aromatic rings. The molecule has 0 bridgehead atoms. The van der Waals surface area contributed by atoms with Crippen LogP contribution < -0.4 is 15.4 Å². The largest absolute Gasteiger partial charge is 0.350 e. The summed E-state index contributed by atoms with van der Waals surface area (Å²) in [5.41, 5.74) is 2.56. The van der Waals surface area contributed by atoms with Crippen LogP contribution in [0.15, 0.2) is 47.4 Å². The molecule has 0 saturated carbocycles. The molecular weight excluding hydrogens is 362 g/mol. The van der Waals surface area contributed by atoms with Gasteiger partial charge in [0.25, 0.3) is 15.9 Å². The van der Waals surface area contributed by atoms with Crippen LogP contribution in [0, 0.1) is 13.8 Å². The molecule has 1 unspecified atom stereocenters. The van der Waals surface area contributed by atoms with Gasteiger partial charge in [-0.15, -0.1) is 0 Å². The van der Waals surface area contributed by atoms with Crippen LogP contribution in [-0.4, -0.2) is 33.5 Å². The Hall–Kier alpha value is -2.38. The van der Waals surface area contributed by atoms with E-state index in [1.54, 1.807) is 31.2 Å². The van der Waals surface area contributed by atoms with Gasteiger partial charge in [0.05, 0.1) is 4.90 Å². The van der Waals surface area contributed by atoms with Gasteiger partial charge in [-0.05, 0) is 68.6 Å². The fourth-order valence-corrected chi connectivity index (χ4v) is 4.25. The zero-order valence-electron chi connectivity index (χ0n) is 15.6. The number of nitrogens with one attached hydrogen (secondary N) is 3. The van der Waals surface area contributed by atoms with E-state index in [4.69, 9.17) is 0 Å². The average molecular weight is 388 g/mol. The lowest BCUT2D eigenvalue weighted by molar-refractivity contribution is 0.0949. The lowest BCUT2D eigenvalue weighted by atomic mass is 10.1. The van der Waals surface area contributed by atoms with Crippen LogP contribution in [0.3, 0.4) is 0 Å². The second kappa shape index (κ2) is 8.10. The van der Waals surface area contributed by atoms with Crippen molar-refractivity contribution < 1.29 is 13.2 Å². The van der Waals surface area contributed by atoms with Gasteiger partial charge >= 0.3 is 0 Å². The first-order chi connectivity index (χ1) is 12.8. The number of amides is 1. The number of rotatable bonds is 6. The van der Waals surface area contributed by atoms with Gasteiger partial charge in [0, 0.05) is 23.8 Å². The van der Waals surface area contributed by atoms with Crippen molar-refractivity contribution in [3.05, 3.63) is 59.2 Å². The number of benzene rings is 2. The highest BCUT2D eigenvalue weighted by Crippen LogP contribution is 2.20. The Balaban J connectivity index is 1.77. The van der Waals surface area contributed by atoms with Gasteiger partial charge in [-0.1, -0.05) is 18.2 Å². The zero-order chi connectivity index (χ0) is 19.4. The van der Waals surface area contributed by atoms with Crippen molar-refractivity contribution in [1.29, 1.82) is 0 Å². The molecule has 7 heteroatoms. The summed E-state index contributed by atoms with van der Waals surface area (Å²) in [5, 5.41) is 6.23. The summed E-state index contributed by atoms with van der Waals surface area (Å²) in [7, 11) is -3.78. The molecule has 3 N–H and O–H groups in total. The molecule has 2 aromatic carbocycles. The van der Waals surface area contributed by atoms with Gasteiger partial charge < -0.3 is 10.6 Å².